The van der Waals surface area contributed by atoms with Crippen LogP contribution in [0, 0.1) is 11.3 Å². The maximum absolute atomic E-state index is 12.0. The highest BCUT2D eigenvalue weighted by molar-refractivity contribution is 5.96. The van der Waals surface area contributed by atoms with Gasteiger partial charge in [-0.2, -0.15) is 5.26 Å². The van der Waals surface area contributed by atoms with Crippen molar-refractivity contribution in [1.29, 1.82) is 5.26 Å². The van der Waals surface area contributed by atoms with Gasteiger partial charge >= 0.3 is 5.97 Å². The summed E-state index contributed by atoms with van der Waals surface area (Å²) in [4.78, 5) is 12.0. The van der Waals surface area contributed by atoms with Crippen molar-refractivity contribution in [3.8, 4) is 23.1 Å². The van der Waals surface area contributed by atoms with Gasteiger partial charge in [0.05, 0.1) is 18.4 Å². The van der Waals surface area contributed by atoms with Crippen LogP contribution in [-0.2, 0) is 11.3 Å². The van der Waals surface area contributed by atoms with Gasteiger partial charge in [-0.15, -0.1) is 0 Å². The Labute approximate surface area is 143 Å². The van der Waals surface area contributed by atoms with E-state index in [0.29, 0.717) is 17.2 Å². The first-order valence-electron chi connectivity index (χ1n) is 7.38. The van der Waals surface area contributed by atoms with Crippen LogP contribution in [0.4, 0.5) is 5.69 Å². The summed E-state index contributed by atoms with van der Waals surface area (Å²) >= 11 is 0. The van der Waals surface area contributed by atoms with Gasteiger partial charge in [-0.1, -0.05) is 0 Å². The molecule has 0 spiro atoms. The van der Waals surface area contributed by atoms with Crippen LogP contribution in [0.5, 0.6) is 0 Å². The number of carbonyl (C=O) groups excluding carboxylic acids is 1. The lowest BCUT2D eigenvalue weighted by Crippen LogP contribution is -2.11. The predicted octanol–water partition coefficient (Wildman–Crippen LogP) is 2.47. The van der Waals surface area contributed by atoms with Crippen molar-refractivity contribution in [2.75, 3.05) is 12.8 Å². The van der Waals surface area contributed by atoms with E-state index in [-0.39, 0.29) is 23.6 Å². The molecule has 3 rings (SSSR count). The first kappa shape index (κ1) is 16.4. The molecule has 126 valence electrons. The summed E-state index contributed by atoms with van der Waals surface area (Å²) in [5.41, 5.74) is 7.72. The molecule has 0 saturated heterocycles. The lowest BCUT2D eigenvalue weighted by atomic mass is 10.1. The average molecular weight is 337 g/mol. The molecule has 0 atom stereocenters. The van der Waals surface area contributed by atoms with Gasteiger partial charge in [0.1, 0.15) is 24.2 Å². The highest BCUT2D eigenvalue weighted by Gasteiger charge is 2.21. The topological polar surface area (TPSA) is 114 Å². The van der Waals surface area contributed by atoms with Gasteiger partial charge < -0.3 is 24.6 Å². The van der Waals surface area contributed by atoms with E-state index >= 15 is 0 Å². The molecule has 0 saturated carbocycles. The number of ether oxygens (including phenoxy) is 1. The Morgan fingerprint density at radius 2 is 2.04 bits per heavy atom. The number of nitrogens with zero attached hydrogens (tertiary/aromatic N) is 2. The molecule has 0 fully saturated rings. The molecule has 2 aromatic heterocycles. The van der Waals surface area contributed by atoms with Crippen molar-refractivity contribution in [1.82, 2.24) is 4.57 Å². The normalized spacial score (nSPS) is 10.4. The molecule has 7 nitrogen and oxygen atoms in total. The molecule has 0 unspecified atom stereocenters. The van der Waals surface area contributed by atoms with Crippen molar-refractivity contribution < 1.29 is 19.1 Å². The van der Waals surface area contributed by atoms with E-state index in [0.717, 1.165) is 5.56 Å². The van der Waals surface area contributed by atoms with Gasteiger partial charge in [-0.3, -0.25) is 0 Å². The second-order valence-corrected chi connectivity index (χ2v) is 5.25. The van der Waals surface area contributed by atoms with Crippen LogP contribution in [0.3, 0.4) is 0 Å². The fourth-order valence-electron chi connectivity index (χ4n) is 2.52. The zero-order valence-corrected chi connectivity index (χ0v) is 13.4. The Morgan fingerprint density at radius 3 is 2.60 bits per heavy atom. The number of furan rings is 1. The fourth-order valence-corrected chi connectivity index (χ4v) is 2.52. The van der Waals surface area contributed by atoms with Crippen LogP contribution >= 0.6 is 0 Å². The average Bonchev–Trinajstić information content (AvgIpc) is 3.25. The second kappa shape index (κ2) is 6.55. The van der Waals surface area contributed by atoms with E-state index in [1.165, 1.54) is 17.9 Å². The van der Waals surface area contributed by atoms with Crippen molar-refractivity contribution in [2.24, 2.45) is 0 Å². The Morgan fingerprint density at radius 1 is 1.32 bits per heavy atom. The largest absolute Gasteiger partial charge is 0.464 e. The number of anilines is 1. The minimum atomic E-state index is -0.623. The predicted molar refractivity (Wildman–Crippen MR) is 89.9 cm³/mol. The number of esters is 1. The Bertz CT molecular complexity index is 961. The summed E-state index contributed by atoms with van der Waals surface area (Å²) in [6.45, 7) is -0.167. The monoisotopic (exact) mass is 337 g/mol. The third-order valence-corrected chi connectivity index (χ3v) is 3.79. The van der Waals surface area contributed by atoms with Gasteiger partial charge in [0.2, 0.25) is 0 Å². The highest BCUT2D eigenvalue weighted by atomic mass is 16.5. The number of nitrogens with two attached hydrogens (primary N) is 1. The van der Waals surface area contributed by atoms with Crippen LogP contribution < -0.4 is 5.73 Å². The molecule has 0 aliphatic carbocycles. The molecule has 0 amide bonds. The third kappa shape index (κ3) is 2.86. The van der Waals surface area contributed by atoms with Crippen LogP contribution in [0.1, 0.15) is 21.8 Å². The Hall–Kier alpha value is -3.50. The van der Waals surface area contributed by atoms with Crippen LogP contribution in [0.25, 0.3) is 17.0 Å². The van der Waals surface area contributed by atoms with E-state index in [1.54, 1.807) is 36.4 Å². The molecule has 2 heterocycles. The first-order chi connectivity index (χ1) is 12.1. The van der Waals surface area contributed by atoms with Crippen molar-refractivity contribution in [2.45, 2.75) is 6.61 Å². The van der Waals surface area contributed by atoms with E-state index in [1.807, 2.05) is 6.07 Å². The fraction of sp³-hybridized carbons (Fsp3) is 0.111. The third-order valence-electron chi connectivity index (χ3n) is 3.79. The summed E-state index contributed by atoms with van der Waals surface area (Å²) in [7, 11) is 1.25. The number of nitrogen functional groups attached to an aromatic ring is 1. The van der Waals surface area contributed by atoms with Crippen molar-refractivity contribution >= 4 is 11.7 Å². The quantitative estimate of drug-likeness (QED) is 0.707. The van der Waals surface area contributed by atoms with Gasteiger partial charge in [-0.05, 0) is 36.4 Å². The molecule has 3 aromatic rings. The van der Waals surface area contributed by atoms with Crippen LogP contribution in [-0.4, -0.2) is 22.8 Å². The number of aliphatic hydroxyl groups excluding tert-OH is 1. The summed E-state index contributed by atoms with van der Waals surface area (Å²) in [6, 6.07) is 12.6. The summed E-state index contributed by atoms with van der Waals surface area (Å²) in [5, 5.41) is 18.2. The first-order valence-corrected chi connectivity index (χ1v) is 7.38. The van der Waals surface area contributed by atoms with Gasteiger partial charge in [0.15, 0.2) is 5.69 Å². The molecule has 1 aromatic carbocycles. The second-order valence-electron chi connectivity index (χ2n) is 5.25. The molecule has 7 heteroatoms. The van der Waals surface area contributed by atoms with E-state index in [2.05, 4.69) is 0 Å². The van der Waals surface area contributed by atoms with Crippen LogP contribution in [0.2, 0.25) is 0 Å². The van der Waals surface area contributed by atoms with Crippen molar-refractivity contribution in [3.63, 3.8) is 0 Å². The minimum Gasteiger partial charge on any atom is -0.464 e. The number of methoxy groups -OCH3 is 1. The zero-order chi connectivity index (χ0) is 18.0. The van der Waals surface area contributed by atoms with Gasteiger partial charge in [0, 0.05) is 17.4 Å². The molecule has 0 bridgehead atoms. The van der Waals surface area contributed by atoms with Crippen molar-refractivity contribution in [3.05, 3.63) is 59.6 Å². The lowest BCUT2D eigenvalue weighted by Gasteiger charge is -2.09. The molecule has 0 aliphatic heterocycles. The number of hydrogen-bond donors (Lipinski definition) is 2. The maximum atomic E-state index is 12.0. The number of rotatable bonds is 4. The summed E-state index contributed by atoms with van der Waals surface area (Å²) in [5.74, 6) is 0.471. The van der Waals surface area contributed by atoms with Gasteiger partial charge in [-0.25, -0.2) is 4.79 Å². The van der Waals surface area contributed by atoms with E-state index in [4.69, 9.17) is 25.3 Å². The minimum absolute atomic E-state index is 0.0806. The standard InChI is InChI=1S/C18H15N3O4/c1-24-18(23)17-16(20)12(8-19)9-21(17)13-4-2-11(3-5-13)15-7-6-14(10-22)25-15/h2-7,9,22H,10,20H2,1H3. The highest BCUT2D eigenvalue weighted by Crippen LogP contribution is 2.27. The maximum Gasteiger partial charge on any atom is 0.357 e. The lowest BCUT2D eigenvalue weighted by molar-refractivity contribution is 0.0593. The Balaban J connectivity index is 2.03. The smallest absolute Gasteiger partial charge is 0.357 e. The van der Waals surface area contributed by atoms with Crippen LogP contribution in [0.15, 0.2) is 47.0 Å². The number of hydrogen-bond acceptors (Lipinski definition) is 6. The number of carbonyl (C=O) groups is 1. The summed E-state index contributed by atoms with van der Waals surface area (Å²) in [6.07, 6.45) is 1.49. The zero-order valence-electron chi connectivity index (χ0n) is 13.4. The molecule has 3 N–H and O–H groups in total. The number of aliphatic hydroxyl groups is 1. The number of nitriles is 1. The molecule has 0 radical (unpaired) electrons. The van der Waals surface area contributed by atoms with Gasteiger partial charge in [0.25, 0.3) is 0 Å². The number of benzene rings is 1. The molecule has 0 aliphatic rings. The number of aromatic nitrogens is 1. The van der Waals surface area contributed by atoms with E-state index < -0.39 is 5.97 Å². The molecular formula is C18H15N3O4. The Kier molecular flexibility index (Phi) is 4.29. The van der Waals surface area contributed by atoms with E-state index in [9.17, 15) is 4.79 Å². The summed E-state index contributed by atoms with van der Waals surface area (Å²) < 4.78 is 11.8. The SMILES string of the molecule is COC(=O)c1c(N)c(C#N)cn1-c1ccc(-c2ccc(CO)o2)cc1. The molecule has 25 heavy (non-hydrogen) atoms. The molecular weight excluding hydrogens is 322 g/mol.